The topological polar surface area (TPSA) is 18.5 Å². The van der Waals surface area contributed by atoms with Gasteiger partial charge in [-0.1, -0.05) is 38.8 Å². The van der Waals surface area contributed by atoms with Crippen molar-refractivity contribution in [3.8, 4) is 42.3 Å². The van der Waals surface area contributed by atoms with Gasteiger partial charge in [0.05, 0.1) is 7.11 Å². The number of hydrogen-bond donors (Lipinski definition) is 0. The summed E-state index contributed by atoms with van der Waals surface area (Å²) in [5, 5.41) is 0.0882. The van der Waals surface area contributed by atoms with Crippen molar-refractivity contribution in [3.63, 3.8) is 0 Å². The minimum Gasteiger partial charge on any atom is -0.496 e. The summed E-state index contributed by atoms with van der Waals surface area (Å²) in [6.07, 6.45) is 14.7. The van der Waals surface area contributed by atoms with E-state index in [1.165, 1.54) is 0 Å². The molecule has 1 aromatic rings. The van der Waals surface area contributed by atoms with E-state index in [9.17, 15) is 0 Å². The van der Waals surface area contributed by atoms with Crippen molar-refractivity contribution < 1.29 is 9.16 Å². The molecule has 0 aliphatic heterocycles. The minimum atomic E-state index is -2.03. The van der Waals surface area contributed by atoms with Crippen molar-refractivity contribution in [2.75, 3.05) is 7.11 Å². The number of methoxy groups -OCH3 is 1. The molecule has 150 valence electrons. The molecule has 0 N–H and O–H groups in total. The Labute approximate surface area is 173 Å². The van der Waals surface area contributed by atoms with Crippen LogP contribution in [0.3, 0.4) is 0 Å². The highest BCUT2D eigenvalue weighted by Crippen LogP contribution is 2.40. The summed E-state index contributed by atoms with van der Waals surface area (Å²) in [5.41, 5.74) is 2.00. The number of ether oxygens (including phenoxy) is 1. The van der Waals surface area contributed by atoms with Gasteiger partial charge in [0.1, 0.15) is 11.9 Å². The predicted octanol–water partition coefficient (Wildman–Crippen LogP) is 6.13. The fraction of sp³-hybridized carbons (Fsp3) is 0.520. The van der Waals surface area contributed by atoms with Crippen LogP contribution in [0, 0.1) is 36.5 Å². The van der Waals surface area contributed by atoms with E-state index in [1.54, 1.807) is 7.11 Å². The lowest BCUT2D eigenvalue weighted by molar-refractivity contribution is 0.236. The molecule has 0 bridgehead atoms. The maximum atomic E-state index is 6.71. The monoisotopic (exact) mass is 394 g/mol. The van der Waals surface area contributed by atoms with Crippen LogP contribution in [-0.4, -0.2) is 15.4 Å². The molecule has 1 aromatic carbocycles. The maximum Gasteiger partial charge on any atom is 0.194 e. The van der Waals surface area contributed by atoms with E-state index in [-0.39, 0.29) is 11.1 Å². The van der Waals surface area contributed by atoms with Gasteiger partial charge in [-0.15, -0.1) is 30.6 Å². The fourth-order valence-corrected chi connectivity index (χ4v) is 3.69. The van der Waals surface area contributed by atoms with Crippen LogP contribution in [0.4, 0.5) is 0 Å². The van der Waals surface area contributed by atoms with Gasteiger partial charge in [0, 0.05) is 24.8 Å². The first kappa shape index (κ1) is 23.9. The minimum absolute atomic E-state index is 0.0882. The summed E-state index contributed by atoms with van der Waals surface area (Å²) in [4.78, 5) is 0. The molecule has 0 saturated heterocycles. The van der Waals surface area contributed by atoms with E-state index in [0.29, 0.717) is 6.42 Å². The van der Waals surface area contributed by atoms with E-state index in [2.05, 4.69) is 63.6 Å². The number of benzene rings is 1. The first-order chi connectivity index (χ1) is 13.2. The molecule has 0 fully saturated rings. The summed E-state index contributed by atoms with van der Waals surface area (Å²) in [5.74, 6) is 12.9. The normalized spacial score (nSPS) is 12.3. The van der Waals surface area contributed by atoms with Crippen LogP contribution in [0.25, 0.3) is 0 Å². The molecule has 1 atom stereocenters. The van der Waals surface area contributed by atoms with Gasteiger partial charge in [-0.2, -0.15) is 0 Å². The molecule has 0 aliphatic rings. The quantitative estimate of drug-likeness (QED) is 0.300. The first-order valence-electron chi connectivity index (χ1n) is 9.87. The van der Waals surface area contributed by atoms with E-state index in [0.717, 1.165) is 42.6 Å². The summed E-state index contributed by atoms with van der Waals surface area (Å²) >= 11 is 0. The van der Waals surface area contributed by atoms with Crippen LogP contribution in [0.1, 0.15) is 63.7 Å². The van der Waals surface area contributed by atoms with Crippen LogP contribution in [0.15, 0.2) is 18.2 Å². The van der Waals surface area contributed by atoms with Gasteiger partial charge in [0.25, 0.3) is 0 Å². The average Bonchev–Trinajstić information content (AvgIpc) is 2.63. The number of unbranched alkanes of at least 4 members (excludes halogenated alkanes) is 3. The second-order valence-corrected chi connectivity index (χ2v) is 13.2. The fourth-order valence-electron chi connectivity index (χ4n) is 2.56. The highest BCUT2D eigenvalue weighted by atomic mass is 28.4. The molecule has 1 unspecified atom stereocenters. The highest BCUT2D eigenvalue weighted by molar-refractivity contribution is 6.74. The molecular formula is C25H34O2Si. The summed E-state index contributed by atoms with van der Waals surface area (Å²) in [6.45, 7) is 11.2. The van der Waals surface area contributed by atoms with E-state index in [1.807, 2.05) is 12.1 Å². The van der Waals surface area contributed by atoms with Gasteiger partial charge in [0.2, 0.25) is 0 Å². The van der Waals surface area contributed by atoms with Crippen molar-refractivity contribution in [2.24, 2.45) is 0 Å². The number of rotatable bonds is 8. The van der Waals surface area contributed by atoms with Crippen LogP contribution < -0.4 is 4.74 Å². The molecule has 0 aromatic heterocycles. The van der Waals surface area contributed by atoms with E-state index in [4.69, 9.17) is 22.0 Å². The molecule has 0 radical (unpaired) electrons. The molecule has 0 amide bonds. The van der Waals surface area contributed by atoms with Crippen molar-refractivity contribution >= 4 is 8.32 Å². The Bertz CT molecular complexity index is 776. The zero-order chi connectivity index (χ0) is 21.2. The SMILES string of the molecule is C#CCCCCC#CC(O[Si](C)(C)C(C)(C)C)c1cccc(OC)c1CC#C. The number of terminal acetylenes is 2. The van der Waals surface area contributed by atoms with Crippen LogP contribution >= 0.6 is 0 Å². The van der Waals surface area contributed by atoms with Gasteiger partial charge in [-0.25, -0.2) is 0 Å². The molecule has 28 heavy (non-hydrogen) atoms. The Morgan fingerprint density at radius 3 is 2.32 bits per heavy atom. The van der Waals surface area contributed by atoms with Gasteiger partial charge in [-0.05, 0) is 42.6 Å². The lowest BCUT2D eigenvalue weighted by Gasteiger charge is -2.38. The average molecular weight is 395 g/mol. The molecule has 0 spiro atoms. The lowest BCUT2D eigenvalue weighted by Crippen LogP contribution is -2.41. The molecule has 1 rings (SSSR count). The predicted molar refractivity (Wildman–Crippen MR) is 122 cm³/mol. The van der Waals surface area contributed by atoms with Gasteiger partial charge in [0.15, 0.2) is 8.32 Å². The summed E-state index contributed by atoms with van der Waals surface area (Å²) in [7, 11) is -0.360. The van der Waals surface area contributed by atoms with E-state index >= 15 is 0 Å². The Morgan fingerprint density at radius 2 is 1.75 bits per heavy atom. The Kier molecular flexibility index (Phi) is 9.41. The van der Waals surface area contributed by atoms with Crippen molar-refractivity contribution in [3.05, 3.63) is 29.3 Å². The smallest absolute Gasteiger partial charge is 0.194 e. The van der Waals surface area contributed by atoms with Crippen molar-refractivity contribution in [1.29, 1.82) is 0 Å². The third kappa shape index (κ3) is 6.80. The lowest BCUT2D eigenvalue weighted by atomic mass is 9.99. The zero-order valence-electron chi connectivity index (χ0n) is 18.3. The Balaban J connectivity index is 3.27. The third-order valence-corrected chi connectivity index (χ3v) is 9.71. The van der Waals surface area contributed by atoms with E-state index < -0.39 is 8.32 Å². The summed E-state index contributed by atoms with van der Waals surface area (Å²) in [6, 6.07) is 5.97. The Hall–Kier alpha value is -2.12. The molecular weight excluding hydrogens is 360 g/mol. The molecule has 0 heterocycles. The molecule has 2 nitrogen and oxygen atoms in total. The van der Waals surface area contributed by atoms with Crippen molar-refractivity contribution in [2.45, 2.75) is 77.1 Å². The molecule has 0 saturated carbocycles. The standard InChI is InChI=1S/C25H34O2Si/c1-9-11-12-13-14-15-19-24(27-28(7,8)25(3,4)5)22-18-16-20-23(26-6)21(22)17-10-2/h1-2,16,18,20,24H,11-14,17H2,3-8H3. The largest absolute Gasteiger partial charge is 0.496 e. The second kappa shape index (κ2) is 11.0. The number of hydrogen-bond acceptors (Lipinski definition) is 2. The summed E-state index contributed by atoms with van der Waals surface area (Å²) < 4.78 is 12.3. The highest BCUT2D eigenvalue weighted by Gasteiger charge is 2.39. The first-order valence-corrected chi connectivity index (χ1v) is 12.8. The molecule has 0 aliphatic carbocycles. The maximum absolute atomic E-state index is 6.71. The molecule has 3 heteroatoms. The van der Waals surface area contributed by atoms with Crippen LogP contribution in [0.2, 0.25) is 18.1 Å². The second-order valence-electron chi connectivity index (χ2n) is 8.40. The van der Waals surface area contributed by atoms with Gasteiger partial charge < -0.3 is 9.16 Å². The van der Waals surface area contributed by atoms with Gasteiger partial charge >= 0.3 is 0 Å². The Morgan fingerprint density at radius 1 is 1.07 bits per heavy atom. The van der Waals surface area contributed by atoms with Crippen LogP contribution in [0.5, 0.6) is 5.75 Å². The van der Waals surface area contributed by atoms with Gasteiger partial charge in [-0.3, -0.25) is 0 Å². The zero-order valence-corrected chi connectivity index (χ0v) is 19.3. The van der Waals surface area contributed by atoms with Crippen LogP contribution in [-0.2, 0) is 10.8 Å². The third-order valence-electron chi connectivity index (χ3n) is 5.28. The van der Waals surface area contributed by atoms with Crippen molar-refractivity contribution in [1.82, 2.24) is 0 Å².